The zero-order chi connectivity index (χ0) is 12.7. The summed E-state index contributed by atoms with van der Waals surface area (Å²) in [6.45, 7) is 2.67. The molecule has 0 aliphatic carbocycles. The number of benzene rings is 1. The molecule has 0 fully saturated rings. The molecule has 4 heteroatoms. The van der Waals surface area contributed by atoms with Crippen molar-refractivity contribution in [2.24, 2.45) is 0 Å². The molecule has 0 amide bonds. The highest BCUT2D eigenvalue weighted by molar-refractivity contribution is 5.41. The smallest absolute Gasteiger partial charge is 0.123 e. The first-order chi connectivity index (χ1) is 8.21. The Labute approximate surface area is 103 Å². The summed E-state index contributed by atoms with van der Waals surface area (Å²) in [7, 11) is 5.64. The van der Waals surface area contributed by atoms with Crippen molar-refractivity contribution in [3.05, 3.63) is 29.3 Å². The highest BCUT2D eigenvalue weighted by Crippen LogP contribution is 2.20. The molecule has 1 rings (SSSR count). The number of hydrogen-bond acceptors (Lipinski definition) is 4. The Morgan fingerprint density at radius 3 is 2.82 bits per heavy atom. The summed E-state index contributed by atoms with van der Waals surface area (Å²) in [6, 6.07) is 7.65. The second-order valence-electron chi connectivity index (χ2n) is 3.98. The fraction of sp³-hybridized carbons (Fsp3) is 0.462. The first kappa shape index (κ1) is 13.5. The van der Waals surface area contributed by atoms with E-state index in [1.165, 1.54) is 0 Å². The third kappa shape index (κ3) is 4.06. The second-order valence-corrected chi connectivity index (χ2v) is 3.98. The molecule has 0 atom stereocenters. The van der Waals surface area contributed by atoms with Crippen molar-refractivity contribution < 1.29 is 4.74 Å². The molecule has 0 heterocycles. The van der Waals surface area contributed by atoms with Gasteiger partial charge in [-0.05, 0) is 32.3 Å². The quantitative estimate of drug-likeness (QED) is 0.802. The summed E-state index contributed by atoms with van der Waals surface area (Å²) in [6.07, 6.45) is 0. The summed E-state index contributed by atoms with van der Waals surface area (Å²) >= 11 is 0. The van der Waals surface area contributed by atoms with Gasteiger partial charge in [0.1, 0.15) is 5.75 Å². The number of nitrogens with one attached hydrogen (secondary N) is 1. The van der Waals surface area contributed by atoms with E-state index in [4.69, 9.17) is 10.00 Å². The molecular formula is C13H19N3O. The Bertz CT molecular complexity index is 398. The number of hydrogen-bond donors (Lipinski definition) is 1. The Kier molecular flexibility index (Phi) is 5.47. The topological polar surface area (TPSA) is 48.3 Å². The SMILES string of the molecule is CNCCN(C)Cc1cc(C#N)ccc1OC. The number of nitrogens with zero attached hydrogens (tertiary/aromatic N) is 2. The normalized spacial score (nSPS) is 10.3. The predicted molar refractivity (Wildman–Crippen MR) is 68.0 cm³/mol. The molecule has 1 aromatic rings. The van der Waals surface area contributed by atoms with Crippen LogP contribution in [-0.4, -0.2) is 39.2 Å². The zero-order valence-electron chi connectivity index (χ0n) is 10.7. The zero-order valence-corrected chi connectivity index (χ0v) is 10.7. The highest BCUT2D eigenvalue weighted by Gasteiger charge is 2.07. The van der Waals surface area contributed by atoms with Crippen molar-refractivity contribution in [2.75, 3.05) is 34.3 Å². The van der Waals surface area contributed by atoms with Crippen LogP contribution in [0.5, 0.6) is 5.75 Å². The second kappa shape index (κ2) is 6.89. The van der Waals surface area contributed by atoms with Crippen LogP contribution in [0, 0.1) is 11.3 Å². The fourth-order valence-corrected chi connectivity index (χ4v) is 1.64. The van der Waals surface area contributed by atoms with E-state index < -0.39 is 0 Å². The number of methoxy groups -OCH3 is 1. The van der Waals surface area contributed by atoms with Gasteiger partial charge >= 0.3 is 0 Å². The van der Waals surface area contributed by atoms with Crippen LogP contribution in [0.1, 0.15) is 11.1 Å². The van der Waals surface area contributed by atoms with Gasteiger partial charge in [-0.2, -0.15) is 5.26 Å². The minimum atomic E-state index is 0.669. The minimum Gasteiger partial charge on any atom is -0.496 e. The van der Waals surface area contributed by atoms with Crippen LogP contribution < -0.4 is 10.1 Å². The third-order valence-electron chi connectivity index (χ3n) is 2.59. The molecule has 92 valence electrons. The van der Waals surface area contributed by atoms with Crippen LogP contribution in [0.3, 0.4) is 0 Å². The number of rotatable bonds is 6. The highest BCUT2D eigenvalue weighted by atomic mass is 16.5. The van der Waals surface area contributed by atoms with Gasteiger partial charge < -0.3 is 15.0 Å². The molecule has 1 N–H and O–H groups in total. The van der Waals surface area contributed by atoms with Gasteiger partial charge in [-0.15, -0.1) is 0 Å². The fourth-order valence-electron chi connectivity index (χ4n) is 1.64. The molecule has 0 aliphatic rings. The lowest BCUT2D eigenvalue weighted by Gasteiger charge is -2.18. The summed E-state index contributed by atoms with van der Waals surface area (Å²) < 4.78 is 5.30. The van der Waals surface area contributed by atoms with Crippen LogP contribution >= 0.6 is 0 Å². The van der Waals surface area contributed by atoms with E-state index >= 15 is 0 Å². The molecule has 0 aromatic heterocycles. The first-order valence-electron chi connectivity index (χ1n) is 5.61. The van der Waals surface area contributed by atoms with Crippen molar-refractivity contribution >= 4 is 0 Å². The summed E-state index contributed by atoms with van der Waals surface area (Å²) in [5, 5.41) is 12.0. The molecule has 0 bridgehead atoms. The molecule has 0 radical (unpaired) electrons. The summed E-state index contributed by atoms with van der Waals surface area (Å²) in [4.78, 5) is 2.19. The van der Waals surface area contributed by atoms with Gasteiger partial charge in [0.15, 0.2) is 0 Å². The predicted octanol–water partition coefficient (Wildman–Crippen LogP) is 1.22. The van der Waals surface area contributed by atoms with Crippen LogP contribution in [0.15, 0.2) is 18.2 Å². The molecule has 0 saturated carbocycles. The molecule has 0 spiro atoms. The van der Waals surface area contributed by atoms with Crippen LogP contribution in [0.2, 0.25) is 0 Å². The molecule has 1 aromatic carbocycles. The van der Waals surface area contributed by atoms with Crippen molar-refractivity contribution in [3.8, 4) is 11.8 Å². The van der Waals surface area contributed by atoms with Gasteiger partial charge in [-0.1, -0.05) is 0 Å². The molecule has 17 heavy (non-hydrogen) atoms. The van der Waals surface area contributed by atoms with E-state index in [9.17, 15) is 0 Å². The maximum Gasteiger partial charge on any atom is 0.123 e. The van der Waals surface area contributed by atoms with Crippen LogP contribution in [0.25, 0.3) is 0 Å². The van der Waals surface area contributed by atoms with Crippen LogP contribution in [0.4, 0.5) is 0 Å². The molecular weight excluding hydrogens is 214 g/mol. The molecule has 4 nitrogen and oxygen atoms in total. The van der Waals surface area contributed by atoms with E-state index in [1.807, 2.05) is 19.2 Å². The van der Waals surface area contributed by atoms with Crippen molar-refractivity contribution in [2.45, 2.75) is 6.54 Å². The Balaban J connectivity index is 2.77. The maximum absolute atomic E-state index is 8.89. The van der Waals surface area contributed by atoms with E-state index in [0.29, 0.717) is 5.56 Å². The minimum absolute atomic E-state index is 0.669. The van der Waals surface area contributed by atoms with Gasteiger partial charge in [0.25, 0.3) is 0 Å². The van der Waals surface area contributed by atoms with Crippen molar-refractivity contribution in [1.29, 1.82) is 5.26 Å². The van der Waals surface area contributed by atoms with Gasteiger partial charge in [0.2, 0.25) is 0 Å². The Morgan fingerprint density at radius 2 is 2.24 bits per heavy atom. The van der Waals surface area contributed by atoms with Gasteiger partial charge in [0.05, 0.1) is 18.7 Å². The van der Waals surface area contributed by atoms with E-state index in [-0.39, 0.29) is 0 Å². The standard InChI is InChI=1S/C13H19N3O/c1-15-6-7-16(2)10-12-8-11(9-14)4-5-13(12)17-3/h4-5,8,15H,6-7,10H2,1-3H3. The van der Waals surface area contributed by atoms with Gasteiger partial charge in [-0.3, -0.25) is 0 Å². The number of ether oxygens (including phenoxy) is 1. The average Bonchev–Trinajstić information content (AvgIpc) is 2.36. The molecule has 0 saturated heterocycles. The molecule has 0 unspecified atom stereocenters. The van der Waals surface area contributed by atoms with E-state index in [2.05, 4.69) is 23.3 Å². The number of nitriles is 1. The lowest BCUT2D eigenvalue weighted by molar-refractivity contribution is 0.318. The lowest BCUT2D eigenvalue weighted by atomic mass is 10.1. The van der Waals surface area contributed by atoms with Crippen LogP contribution in [-0.2, 0) is 6.54 Å². The average molecular weight is 233 g/mol. The first-order valence-corrected chi connectivity index (χ1v) is 5.61. The maximum atomic E-state index is 8.89. The summed E-state index contributed by atoms with van der Waals surface area (Å²) in [5.74, 6) is 0.834. The summed E-state index contributed by atoms with van der Waals surface area (Å²) in [5.41, 5.74) is 1.72. The lowest BCUT2D eigenvalue weighted by Crippen LogP contribution is -2.27. The van der Waals surface area contributed by atoms with E-state index in [0.717, 1.165) is 30.9 Å². The van der Waals surface area contributed by atoms with Crippen molar-refractivity contribution in [1.82, 2.24) is 10.2 Å². The largest absolute Gasteiger partial charge is 0.496 e. The van der Waals surface area contributed by atoms with Crippen molar-refractivity contribution in [3.63, 3.8) is 0 Å². The third-order valence-corrected chi connectivity index (χ3v) is 2.59. The Morgan fingerprint density at radius 1 is 1.47 bits per heavy atom. The van der Waals surface area contributed by atoms with Gasteiger partial charge in [0, 0.05) is 25.2 Å². The Hall–Kier alpha value is -1.57. The molecule has 0 aliphatic heterocycles. The van der Waals surface area contributed by atoms with Gasteiger partial charge in [-0.25, -0.2) is 0 Å². The van der Waals surface area contributed by atoms with E-state index in [1.54, 1.807) is 13.2 Å². The number of likely N-dealkylation sites (N-methyl/N-ethyl adjacent to an activating group) is 2. The monoisotopic (exact) mass is 233 g/mol.